The van der Waals surface area contributed by atoms with E-state index in [9.17, 15) is 14.7 Å². The van der Waals surface area contributed by atoms with Crippen LogP contribution in [0.15, 0.2) is 22.9 Å². The van der Waals surface area contributed by atoms with E-state index in [4.69, 9.17) is 0 Å². The molecule has 1 aromatic heterocycles. The van der Waals surface area contributed by atoms with E-state index in [0.29, 0.717) is 23.1 Å². The molecule has 0 saturated heterocycles. The van der Waals surface area contributed by atoms with Crippen molar-refractivity contribution in [2.75, 3.05) is 5.32 Å². The van der Waals surface area contributed by atoms with E-state index < -0.39 is 11.4 Å². The van der Waals surface area contributed by atoms with Crippen LogP contribution >= 0.6 is 15.9 Å². The van der Waals surface area contributed by atoms with Crippen molar-refractivity contribution in [3.05, 3.63) is 22.9 Å². The number of aromatic nitrogens is 1. The molecule has 0 spiro atoms. The fourth-order valence-electron chi connectivity index (χ4n) is 2.48. The van der Waals surface area contributed by atoms with Crippen LogP contribution in [-0.4, -0.2) is 22.0 Å². The minimum Gasteiger partial charge on any atom is -0.481 e. The van der Waals surface area contributed by atoms with Crippen LogP contribution in [0.5, 0.6) is 0 Å². The molecule has 6 heteroatoms. The van der Waals surface area contributed by atoms with Gasteiger partial charge in [-0.15, -0.1) is 0 Å². The molecule has 0 aromatic carbocycles. The smallest absolute Gasteiger partial charge is 0.310 e. The summed E-state index contributed by atoms with van der Waals surface area (Å²) >= 11 is 3.21. The van der Waals surface area contributed by atoms with Crippen LogP contribution < -0.4 is 5.32 Å². The molecular weight excluding hydrogens is 312 g/mol. The number of aliphatic carboxylic acids is 1. The van der Waals surface area contributed by atoms with Crippen molar-refractivity contribution >= 4 is 33.5 Å². The van der Waals surface area contributed by atoms with E-state index in [2.05, 4.69) is 26.2 Å². The summed E-state index contributed by atoms with van der Waals surface area (Å²) in [6.07, 6.45) is 4.46. The Bertz CT molecular complexity index is 481. The molecule has 1 amide bonds. The highest BCUT2D eigenvalue weighted by atomic mass is 79.9. The van der Waals surface area contributed by atoms with Gasteiger partial charge in [-0.05, 0) is 40.9 Å². The number of pyridine rings is 1. The monoisotopic (exact) mass is 326 g/mol. The molecule has 1 fully saturated rings. The number of amides is 1. The van der Waals surface area contributed by atoms with Gasteiger partial charge in [-0.25, -0.2) is 4.98 Å². The van der Waals surface area contributed by atoms with Gasteiger partial charge in [0.1, 0.15) is 4.60 Å². The van der Waals surface area contributed by atoms with Gasteiger partial charge < -0.3 is 10.4 Å². The molecule has 5 nitrogen and oxygen atoms in total. The molecule has 0 atom stereocenters. The van der Waals surface area contributed by atoms with Crippen molar-refractivity contribution in [1.82, 2.24) is 4.98 Å². The molecule has 2 N–H and O–H groups in total. The van der Waals surface area contributed by atoms with Crippen LogP contribution in [0.3, 0.4) is 0 Å². The van der Waals surface area contributed by atoms with Crippen molar-refractivity contribution in [1.29, 1.82) is 0 Å². The van der Waals surface area contributed by atoms with Crippen LogP contribution in [0, 0.1) is 5.41 Å². The Labute approximate surface area is 119 Å². The summed E-state index contributed by atoms with van der Waals surface area (Å²) in [6, 6.07) is 3.44. The molecule has 102 valence electrons. The lowest BCUT2D eigenvalue weighted by atomic mass is 9.82. The van der Waals surface area contributed by atoms with Gasteiger partial charge in [-0.3, -0.25) is 9.59 Å². The maximum absolute atomic E-state index is 11.9. The number of nitrogens with zero attached hydrogens (tertiary/aromatic N) is 1. The van der Waals surface area contributed by atoms with Gasteiger partial charge in [0, 0.05) is 6.42 Å². The number of anilines is 1. The maximum Gasteiger partial charge on any atom is 0.310 e. The number of rotatable bonds is 4. The zero-order valence-electron chi connectivity index (χ0n) is 10.4. The Morgan fingerprint density at radius 3 is 2.58 bits per heavy atom. The second-order valence-corrected chi connectivity index (χ2v) is 5.70. The van der Waals surface area contributed by atoms with Crippen molar-refractivity contribution in [3.8, 4) is 0 Å². The SMILES string of the molecule is O=C(CC1(C(=O)O)CCCC1)Nc1ccc(Br)nc1. The fraction of sp³-hybridized carbons (Fsp3) is 0.462. The lowest BCUT2D eigenvalue weighted by Gasteiger charge is -2.22. The third-order valence-corrected chi connectivity index (χ3v) is 3.99. The van der Waals surface area contributed by atoms with Crippen LogP contribution in [0.2, 0.25) is 0 Å². The summed E-state index contributed by atoms with van der Waals surface area (Å²) in [5.41, 5.74) is -0.306. The second kappa shape index (κ2) is 5.69. The molecule has 0 radical (unpaired) electrons. The van der Waals surface area contributed by atoms with Gasteiger partial charge in [0.25, 0.3) is 0 Å². The van der Waals surface area contributed by atoms with E-state index in [0.717, 1.165) is 12.8 Å². The van der Waals surface area contributed by atoms with E-state index in [1.807, 2.05) is 0 Å². The summed E-state index contributed by atoms with van der Waals surface area (Å²) < 4.78 is 0.684. The first kappa shape index (κ1) is 14.0. The van der Waals surface area contributed by atoms with Crippen molar-refractivity contribution in [2.24, 2.45) is 5.41 Å². The normalized spacial score (nSPS) is 17.1. The summed E-state index contributed by atoms with van der Waals surface area (Å²) in [4.78, 5) is 27.3. The van der Waals surface area contributed by atoms with E-state index in [1.54, 1.807) is 12.1 Å². The van der Waals surface area contributed by atoms with Crippen LogP contribution in [0.25, 0.3) is 0 Å². The average Bonchev–Trinajstić information content (AvgIpc) is 2.82. The van der Waals surface area contributed by atoms with E-state index >= 15 is 0 Å². The molecule has 1 aliphatic rings. The summed E-state index contributed by atoms with van der Waals surface area (Å²) in [6.45, 7) is 0. The quantitative estimate of drug-likeness (QED) is 0.834. The van der Waals surface area contributed by atoms with Crippen molar-refractivity contribution in [3.63, 3.8) is 0 Å². The Kier molecular flexibility index (Phi) is 4.19. The van der Waals surface area contributed by atoms with Gasteiger partial charge >= 0.3 is 5.97 Å². The number of halogens is 1. The van der Waals surface area contributed by atoms with Gasteiger partial charge in [0.15, 0.2) is 0 Å². The summed E-state index contributed by atoms with van der Waals surface area (Å²) in [5.74, 6) is -1.14. The van der Waals surface area contributed by atoms with Gasteiger partial charge in [0.2, 0.25) is 5.91 Å². The molecule has 19 heavy (non-hydrogen) atoms. The molecule has 1 aliphatic carbocycles. The van der Waals surface area contributed by atoms with Crippen molar-refractivity contribution < 1.29 is 14.7 Å². The third-order valence-electron chi connectivity index (χ3n) is 3.52. The molecule has 0 unspecified atom stereocenters. The van der Waals surface area contributed by atoms with E-state index in [-0.39, 0.29) is 12.3 Å². The maximum atomic E-state index is 11.9. The minimum atomic E-state index is -0.882. The first-order valence-electron chi connectivity index (χ1n) is 6.17. The highest BCUT2D eigenvalue weighted by Gasteiger charge is 2.42. The molecule has 1 saturated carbocycles. The van der Waals surface area contributed by atoms with Gasteiger partial charge in [0.05, 0.1) is 17.3 Å². The highest BCUT2D eigenvalue weighted by Crippen LogP contribution is 2.41. The lowest BCUT2D eigenvalue weighted by Crippen LogP contribution is -2.32. The predicted octanol–water partition coefficient (Wildman–Crippen LogP) is 2.82. The number of carbonyl (C=O) groups excluding carboxylic acids is 1. The topological polar surface area (TPSA) is 79.3 Å². The summed E-state index contributed by atoms with van der Waals surface area (Å²) in [7, 11) is 0. The van der Waals surface area contributed by atoms with E-state index in [1.165, 1.54) is 6.20 Å². The molecule has 1 heterocycles. The highest BCUT2D eigenvalue weighted by molar-refractivity contribution is 9.10. The third kappa shape index (κ3) is 3.32. The Hall–Kier alpha value is -1.43. The molecule has 2 rings (SSSR count). The van der Waals surface area contributed by atoms with Crippen LogP contribution in [0.4, 0.5) is 5.69 Å². The first-order valence-corrected chi connectivity index (χ1v) is 6.96. The second-order valence-electron chi connectivity index (χ2n) is 4.89. The first-order chi connectivity index (χ1) is 9.02. The van der Waals surface area contributed by atoms with Gasteiger partial charge in [-0.1, -0.05) is 12.8 Å². The Morgan fingerprint density at radius 1 is 1.37 bits per heavy atom. The molecule has 0 bridgehead atoms. The number of hydrogen-bond acceptors (Lipinski definition) is 3. The van der Waals surface area contributed by atoms with Gasteiger partial charge in [-0.2, -0.15) is 0 Å². The Morgan fingerprint density at radius 2 is 2.05 bits per heavy atom. The fourth-order valence-corrected chi connectivity index (χ4v) is 2.71. The molecular formula is C13H15BrN2O3. The van der Waals surface area contributed by atoms with Crippen LogP contribution in [-0.2, 0) is 9.59 Å². The Balaban J connectivity index is 2.00. The lowest BCUT2D eigenvalue weighted by molar-refractivity contribution is -0.150. The summed E-state index contributed by atoms with van der Waals surface area (Å²) in [5, 5.41) is 12.0. The minimum absolute atomic E-state index is 0.0262. The number of carbonyl (C=O) groups is 2. The molecule has 1 aromatic rings. The number of nitrogens with one attached hydrogen (secondary N) is 1. The number of carboxylic acid groups (broad SMARTS) is 1. The number of carboxylic acids is 1. The standard InChI is InChI=1S/C13H15BrN2O3/c14-10-4-3-9(8-15-10)16-11(17)7-13(12(18)19)5-1-2-6-13/h3-4,8H,1-2,5-7H2,(H,16,17)(H,18,19). The zero-order chi connectivity index (χ0) is 13.9. The molecule has 0 aliphatic heterocycles. The largest absolute Gasteiger partial charge is 0.481 e. The average molecular weight is 327 g/mol. The predicted molar refractivity (Wildman–Crippen MR) is 73.7 cm³/mol. The zero-order valence-corrected chi connectivity index (χ0v) is 11.9. The van der Waals surface area contributed by atoms with Crippen molar-refractivity contribution in [2.45, 2.75) is 32.1 Å². The van der Waals surface area contributed by atoms with Crippen LogP contribution in [0.1, 0.15) is 32.1 Å². The number of hydrogen-bond donors (Lipinski definition) is 2.